The van der Waals surface area contributed by atoms with Crippen molar-refractivity contribution < 1.29 is 0 Å². The summed E-state index contributed by atoms with van der Waals surface area (Å²) in [4.78, 5) is 4.44. The maximum absolute atomic E-state index is 5.93. The Bertz CT molecular complexity index is 389. The van der Waals surface area contributed by atoms with E-state index >= 15 is 0 Å². The highest BCUT2D eigenvalue weighted by Crippen LogP contribution is 2.27. The first-order valence-corrected chi connectivity index (χ1v) is 5.71. The van der Waals surface area contributed by atoms with Gasteiger partial charge in [0, 0.05) is 9.89 Å². The highest BCUT2D eigenvalue weighted by molar-refractivity contribution is 9.10. The van der Waals surface area contributed by atoms with Crippen LogP contribution in [0, 0.1) is 12.3 Å². The van der Waals surface area contributed by atoms with Gasteiger partial charge < -0.3 is 5.73 Å². The second-order valence-electron chi connectivity index (χ2n) is 4.70. The number of aliphatic imine (C=N–C) groups is 1. The lowest BCUT2D eigenvalue weighted by Crippen LogP contribution is -2.28. The Kier molecular flexibility index (Phi) is 3.55. The zero-order valence-electron chi connectivity index (χ0n) is 9.63. The predicted octanol–water partition coefficient (Wildman–Crippen LogP) is 3.79. The van der Waals surface area contributed by atoms with E-state index in [-0.39, 0.29) is 5.41 Å². The van der Waals surface area contributed by atoms with Crippen molar-refractivity contribution in [3.05, 3.63) is 28.2 Å². The van der Waals surface area contributed by atoms with Gasteiger partial charge >= 0.3 is 0 Å². The Morgan fingerprint density at radius 2 is 1.93 bits per heavy atom. The van der Waals surface area contributed by atoms with Gasteiger partial charge in [-0.1, -0.05) is 26.8 Å². The monoisotopic (exact) mass is 268 g/mol. The van der Waals surface area contributed by atoms with Crippen LogP contribution in [0.25, 0.3) is 0 Å². The molecule has 3 heteroatoms. The van der Waals surface area contributed by atoms with Crippen LogP contribution in [0.3, 0.4) is 0 Å². The van der Waals surface area contributed by atoms with Crippen molar-refractivity contribution in [1.82, 2.24) is 0 Å². The van der Waals surface area contributed by atoms with Crippen molar-refractivity contribution in [2.45, 2.75) is 27.7 Å². The van der Waals surface area contributed by atoms with Gasteiger partial charge in [0.05, 0.1) is 5.69 Å². The van der Waals surface area contributed by atoms with Crippen molar-refractivity contribution in [1.29, 1.82) is 0 Å². The molecule has 0 fully saturated rings. The molecule has 0 unspecified atom stereocenters. The van der Waals surface area contributed by atoms with Crippen molar-refractivity contribution in [3.63, 3.8) is 0 Å². The summed E-state index contributed by atoms with van der Waals surface area (Å²) < 4.78 is 0.973. The summed E-state index contributed by atoms with van der Waals surface area (Å²) in [6.07, 6.45) is 0. The molecule has 2 nitrogen and oxygen atoms in total. The first-order chi connectivity index (χ1) is 6.80. The second kappa shape index (κ2) is 4.35. The molecule has 0 bridgehead atoms. The largest absolute Gasteiger partial charge is 0.387 e. The molecule has 0 saturated heterocycles. The van der Waals surface area contributed by atoms with E-state index in [1.54, 1.807) is 0 Å². The number of benzene rings is 1. The van der Waals surface area contributed by atoms with Crippen LogP contribution in [0.1, 0.15) is 26.3 Å². The van der Waals surface area contributed by atoms with Gasteiger partial charge in [-0.2, -0.15) is 0 Å². The summed E-state index contributed by atoms with van der Waals surface area (Å²) >= 11 is 3.46. The fourth-order valence-corrected chi connectivity index (χ4v) is 1.34. The molecule has 0 atom stereocenters. The van der Waals surface area contributed by atoms with E-state index in [2.05, 4.69) is 41.7 Å². The summed E-state index contributed by atoms with van der Waals surface area (Å²) in [7, 11) is 0. The van der Waals surface area contributed by atoms with E-state index in [0.29, 0.717) is 5.84 Å². The average molecular weight is 269 g/mol. The van der Waals surface area contributed by atoms with E-state index in [9.17, 15) is 0 Å². The minimum atomic E-state index is -0.0941. The van der Waals surface area contributed by atoms with Crippen molar-refractivity contribution in [2.24, 2.45) is 16.1 Å². The van der Waals surface area contributed by atoms with Gasteiger partial charge in [-0.3, -0.25) is 0 Å². The molecule has 0 radical (unpaired) electrons. The Morgan fingerprint density at radius 1 is 1.33 bits per heavy atom. The SMILES string of the molecule is Cc1ccc(Br)c(N=C(N)C(C)(C)C)c1. The van der Waals surface area contributed by atoms with Gasteiger partial charge in [0.2, 0.25) is 0 Å². The van der Waals surface area contributed by atoms with Crippen LogP contribution >= 0.6 is 15.9 Å². The third kappa shape index (κ3) is 3.34. The number of halogens is 1. The van der Waals surface area contributed by atoms with Crippen molar-refractivity contribution in [3.8, 4) is 0 Å². The molecule has 0 aromatic heterocycles. The minimum Gasteiger partial charge on any atom is -0.387 e. The molecular weight excluding hydrogens is 252 g/mol. The maximum Gasteiger partial charge on any atom is 0.105 e. The molecule has 0 aliphatic heterocycles. The van der Waals surface area contributed by atoms with Crippen LogP contribution in [0.4, 0.5) is 5.69 Å². The Labute approximate surface area is 99.7 Å². The third-order valence-corrected chi connectivity index (χ3v) is 2.78. The highest BCUT2D eigenvalue weighted by Gasteiger charge is 2.15. The molecule has 1 rings (SSSR count). The topological polar surface area (TPSA) is 38.4 Å². The standard InChI is InChI=1S/C12H17BrN2/c1-8-5-6-9(13)10(7-8)15-11(14)12(2,3)4/h5-7H,1-4H3,(H2,14,15). The molecule has 1 aromatic carbocycles. The molecule has 82 valence electrons. The maximum atomic E-state index is 5.93. The van der Waals surface area contributed by atoms with Crippen LogP contribution < -0.4 is 5.73 Å². The number of aryl methyl sites for hydroxylation is 1. The lowest BCUT2D eigenvalue weighted by atomic mass is 9.95. The van der Waals surface area contributed by atoms with Gasteiger partial charge in [0.1, 0.15) is 5.84 Å². The highest BCUT2D eigenvalue weighted by atomic mass is 79.9. The summed E-state index contributed by atoms with van der Waals surface area (Å²) in [5.74, 6) is 0.647. The Morgan fingerprint density at radius 3 is 2.47 bits per heavy atom. The first-order valence-electron chi connectivity index (χ1n) is 4.91. The smallest absolute Gasteiger partial charge is 0.105 e. The number of nitrogens with zero attached hydrogens (tertiary/aromatic N) is 1. The second-order valence-corrected chi connectivity index (χ2v) is 5.56. The Hall–Kier alpha value is -0.830. The molecule has 2 N–H and O–H groups in total. The van der Waals surface area contributed by atoms with Crippen molar-refractivity contribution in [2.75, 3.05) is 0 Å². The van der Waals surface area contributed by atoms with Gasteiger partial charge in [-0.15, -0.1) is 0 Å². The zero-order chi connectivity index (χ0) is 11.6. The number of hydrogen-bond donors (Lipinski definition) is 1. The number of nitrogens with two attached hydrogens (primary N) is 1. The molecule has 0 spiro atoms. The summed E-state index contributed by atoms with van der Waals surface area (Å²) in [6, 6.07) is 6.04. The van der Waals surface area contributed by atoms with Crippen LogP contribution in [-0.2, 0) is 0 Å². The summed E-state index contributed by atoms with van der Waals surface area (Å²) in [5, 5.41) is 0. The van der Waals surface area contributed by atoms with Crippen LogP contribution in [0.15, 0.2) is 27.7 Å². The lowest BCUT2D eigenvalue weighted by Gasteiger charge is -2.17. The van der Waals surface area contributed by atoms with Gasteiger partial charge in [0.25, 0.3) is 0 Å². The molecule has 0 heterocycles. The average Bonchev–Trinajstić information content (AvgIpc) is 2.09. The minimum absolute atomic E-state index is 0.0941. The van der Waals surface area contributed by atoms with Crippen LogP contribution in [0.2, 0.25) is 0 Å². The van der Waals surface area contributed by atoms with Gasteiger partial charge in [-0.25, -0.2) is 4.99 Å². The fourth-order valence-electron chi connectivity index (χ4n) is 1.01. The third-order valence-electron chi connectivity index (χ3n) is 2.11. The molecule has 0 aliphatic rings. The molecule has 0 aliphatic carbocycles. The van der Waals surface area contributed by atoms with Crippen molar-refractivity contribution >= 4 is 27.5 Å². The van der Waals surface area contributed by atoms with Gasteiger partial charge in [0.15, 0.2) is 0 Å². The molecule has 15 heavy (non-hydrogen) atoms. The first kappa shape index (κ1) is 12.2. The van der Waals surface area contributed by atoms with Gasteiger partial charge in [-0.05, 0) is 40.5 Å². The Balaban J connectivity index is 3.13. The lowest BCUT2D eigenvalue weighted by molar-refractivity contribution is 0.585. The van der Waals surface area contributed by atoms with E-state index in [0.717, 1.165) is 10.2 Å². The normalized spacial score (nSPS) is 13.0. The van der Waals surface area contributed by atoms with E-state index < -0.39 is 0 Å². The number of rotatable bonds is 1. The quantitative estimate of drug-likeness (QED) is 0.611. The molecule has 0 saturated carbocycles. The summed E-state index contributed by atoms with van der Waals surface area (Å²) in [6.45, 7) is 8.19. The molecule has 0 amide bonds. The number of amidine groups is 1. The van der Waals surface area contributed by atoms with E-state index in [1.807, 2.05) is 25.1 Å². The molecule has 1 aromatic rings. The van der Waals surface area contributed by atoms with E-state index in [1.165, 1.54) is 5.56 Å². The molecular formula is C12H17BrN2. The van der Waals surface area contributed by atoms with Crippen LogP contribution in [0.5, 0.6) is 0 Å². The van der Waals surface area contributed by atoms with E-state index in [4.69, 9.17) is 5.73 Å². The van der Waals surface area contributed by atoms with Crippen LogP contribution in [-0.4, -0.2) is 5.84 Å². The summed E-state index contributed by atoms with van der Waals surface area (Å²) in [5.41, 5.74) is 7.91. The fraction of sp³-hybridized carbons (Fsp3) is 0.417. The number of hydrogen-bond acceptors (Lipinski definition) is 1. The zero-order valence-corrected chi connectivity index (χ0v) is 11.2. The predicted molar refractivity (Wildman–Crippen MR) is 69.6 cm³/mol.